The molecule has 0 fully saturated rings. The van der Waals surface area contributed by atoms with Gasteiger partial charge in [-0.15, -0.1) is 0 Å². The summed E-state index contributed by atoms with van der Waals surface area (Å²) in [6.07, 6.45) is 0. The van der Waals surface area contributed by atoms with E-state index in [2.05, 4.69) is 194 Å². The number of rotatable bonds is 7. The lowest BCUT2D eigenvalue weighted by Gasteiger charge is -2.34. The molecule has 9 aromatic rings. The number of aromatic nitrogens is 2. The predicted octanol–water partition coefficient (Wildman–Crippen LogP) is 13.2. The summed E-state index contributed by atoms with van der Waals surface area (Å²) in [6, 6.07) is 78.2. The van der Waals surface area contributed by atoms with E-state index in [4.69, 9.17) is 9.97 Å². The van der Waals surface area contributed by atoms with Crippen LogP contribution in [0.25, 0.3) is 67.3 Å². The molecule has 0 amide bonds. The highest BCUT2D eigenvalue weighted by Crippen LogP contribution is 2.56. The van der Waals surface area contributed by atoms with Crippen molar-refractivity contribution in [2.75, 3.05) is 0 Å². The molecule has 0 aliphatic heterocycles. The summed E-state index contributed by atoms with van der Waals surface area (Å²) in [7, 11) is 0. The summed E-state index contributed by atoms with van der Waals surface area (Å²) < 4.78 is 0. The number of benzene rings is 8. The van der Waals surface area contributed by atoms with Gasteiger partial charge in [-0.3, -0.25) is 0 Å². The van der Waals surface area contributed by atoms with Crippen LogP contribution in [0.2, 0.25) is 0 Å². The molecule has 1 aliphatic rings. The molecular weight excluding hydrogens is 665 g/mol. The van der Waals surface area contributed by atoms with Gasteiger partial charge in [-0.1, -0.05) is 194 Å². The quantitative estimate of drug-likeness (QED) is 0.165. The fraction of sp³-hybridized carbons (Fsp3) is 0.0189. The van der Waals surface area contributed by atoms with Gasteiger partial charge < -0.3 is 0 Å². The smallest absolute Gasteiger partial charge is 0.160 e. The zero-order valence-electron chi connectivity index (χ0n) is 30.2. The first-order valence-electron chi connectivity index (χ1n) is 18.8. The highest BCUT2D eigenvalue weighted by molar-refractivity contribution is 5.89. The van der Waals surface area contributed by atoms with Gasteiger partial charge in [-0.2, -0.15) is 0 Å². The molecule has 2 heteroatoms. The van der Waals surface area contributed by atoms with Crippen molar-refractivity contribution in [1.82, 2.24) is 9.97 Å². The second-order valence-electron chi connectivity index (χ2n) is 14.1. The van der Waals surface area contributed by atoms with Crippen LogP contribution in [0, 0.1) is 0 Å². The van der Waals surface area contributed by atoms with E-state index in [1.807, 2.05) is 24.3 Å². The third kappa shape index (κ3) is 5.67. The second kappa shape index (κ2) is 13.7. The molecule has 0 N–H and O–H groups in total. The Bertz CT molecular complexity index is 2700. The van der Waals surface area contributed by atoms with Gasteiger partial charge in [0, 0.05) is 16.7 Å². The summed E-state index contributed by atoms with van der Waals surface area (Å²) in [4.78, 5) is 10.1. The molecule has 2 nitrogen and oxygen atoms in total. The van der Waals surface area contributed by atoms with E-state index < -0.39 is 5.41 Å². The largest absolute Gasteiger partial charge is 0.228 e. The first kappa shape index (κ1) is 32.5. The number of hydrogen-bond donors (Lipinski definition) is 0. The van der Waals surface area contributed by atoms with E-state index in [1.165, 1.54) is 44.5 Å². The lowest BCUT2D eigenvalue weighted by Crippen LogP contribution is -2.28. The number of fused-ring (bicyclic) bond motifs is 3. The third-order valence-electron chi connectivity index (χ3n) is 11.0. The molecule has 0 spiro atoms. The number of nitrogens with zero attached hydrogens (tertiary/aromatic N) is 2. The monoisotopic (exact) mass is 700 g/mol. The lowest BCUT2D eigenvalue weighted by molar-refractivity contribution is 0.769. The van der Waals surface area contributed by atoms with E-state index in [0.29, 0.717) is 5.82 Å². The molecule has 0 saturated heterocycles. The molecule has 55 heavy (non-hydrogen) atoms. The molecular formula is C53H36N2. The van der Waals surface area contributed by atoms with Crippen LogP contribution in [0.1, 0.15) is 22.3 Å². The van der Waals surface area contributed by atoms with Crippen molar-refractivity contribution in [2.45, 2.75) is 5.41 Å². The van der Waals surface area contributed by atoms with Gasteiger partial charge in [0.2, 0.25) is 0 Å². The Morgan fingerprint density at radius 2 is 0.709 bits per heavy atom. The minimum absolute atomic E-state index is 0.439. The van der Waals surface area contributed by atoms with Crippen LogP contribution in [0.3, 0.4) is 0 Å². The number of hydrogen-bond acceptors (Lipinski definition) is 2. The van der Waals surface area contributed by atoms with Crippen molar-refractivity contribution in [2.24, 2.45) is 0 Å². The molecule has 0 radical (unpaired) electrons. The van der Waals surface area contributed by atoms with Crippen LogP contribution in [0.15, 0.2) is 218 Å². The Kier molecular flexibility index (Phi) is 8.08. The van der Waals surface area contributed by atoms with Gasteiger partial charge in [-0.05, 0) is 79.9 Å². The van der Waals surface area contributed by atoms with E-state index in [-0.39, 0.29) is 0 Å². The fourth-order valence-corrected chi connectivity index (χ4v) is 8.43. The van der Waals surface area contributed by atoms with Crippen LogP contribution in [0.4, 0.5) is 0 Å². The van der Waals surface area contributed by atoms with Crippen LogP contribution in [-0.2, 0) is 5.41 Å². The predicted molar refractivity (Wildman–Crippen MR) is 227 cm³/mol. The minimum Gasteiger partial charge on any atom is -0.228 e. The highest BCUT2D eigenvalue weighted by Gasteiger charge is 2.46. The summed E-state index contributed by atoms with van der Waals surface area (Å²) >= 11 is 0. The Balaban J connectivity index is 1.08. The topological polar surface area (TPSA) is 25.8 Å². The third-order valence-corrected chi connectivity index (χ3v) is 11.0. The Hall–Kier alpha value is -7.16. The Labute approximate surface area is 322 Å². The van der Waals surface area contributed by atoms with Crippen molar-refractivity contribution in [3.05, 3.63) is 241 Å². The highest BCUT2D eigenvalue weighted by atomic mass is 14.9. The second-order valence-corrected chi connectivity index (χ2v) is 14.1. The molecule has 0 saturated carbocycles. The Morgan fingerprint density at radius 3 is 1.33 bits per heavy atom. The average Bonchev–Trinajstić information content (AvgIpc) is 3.58. The van der Waals surface area contributed by atoms with Gasteiger partial charge in [0.25, 0.3) is 0 Å². The van der Waals surface area contributed by atoms with E-state index in [1.54, 1.807) is 0 Å². The van der Waals surface area contributed by atoms with Crippen LogP contribution < -0.4 is 0 Å². The lowest BCUT2D eigenvalue weighted by atomic mass is 9.67. The molecule has 0 bridgehead atoms. The van der Waals surface area contributed by atoms with E-state index >= 15 is 0 Å². The fourth-order valence-electron chi connectivity index (χ4n) is 8.43. The Morgan fingerprint density at radius 1 is 0.273 bits per heavy atom. The molecule has 258 valence electrons. The normalized spacial score (nSPS) is 12.5. The molecule has 1 aliphatic carbocycles. The van der Waals surface area contributed by atoms with Gasteiger partial charge in [-0.25, -0.2) is 9.97 Å². The molecule has 10 rings (SSSR count). The first-order valence-corrected chi connectivity index (χ1v) is 18.8. The maximum absolute atomic E-state index is 5.10. The maximum atomic E-state index is 5.10. The minimum atomic E-state index is -0.439. The average molecular weight is 701 g/mol. The van der Waals surface area contributed by atoms with Crippen molar-refractivity contribution in [1.29, 1.82) is 0 Å². The van der Waals surface area contributed by atoms with Crippen LogP contribution in [-0.4, -0.2) is 9.97 Å². The molecule has 1 aromatic heterocycles. The van der Waals surface area contributed by atoms with Crippen molar-refractivity contribution in [3.8, 4) is 67.3 Å². The molecule has 0 atom stereocenters. The van der Waals surface area contributed by atoms with Crippen LogP contribution in [0.5, 0.6) is 0 Å². The standard InChI is InChI=1S/C53H36N2/c1-5-17-37(18-6-1)50-36-51(55-52(54-50)38-19-7-2-8-20-38)43-24-16-23-41(34-43)39-21-15-22-40(33-39)42-31-32-47-46-29-13-14-30-48(46)53(49(47)35-42,44-25-9-3-10-26-44)45-27-11-4-12-28-45/h1-36H. The first-order chi connectivity index (χ1) is 27.3. The van der Waals surface area contributed by atoms with Crippen molar-refractivity contribution >= 4 is 0 Å². The zero-order valence-corrected chi connectivity index (χ0v) is 30.2. The van der Waals surface area contributed by atoms with Crippen molar-refractivity contribution in [3.63, 3.8) is 0 Å². The molecule has 1 heterocycles. The van der Waals surface area contributed by atoms with Crippen molar-refractivity contribution < 1.29 is 0 Å². The zero-order chi connectivity index (χ0) is 36.6. The van der Waals surface area contributed by atoms with E-state index in [9.17, 15) is 0 Å². The van der Waals surface area contributed by atoms with Gasteiger partial charge in [0.1, 0.15) is 0 Å². The summed E-state index contributed by atoms with van der Waals surface area (Å²) in [5.74, 6) is 0.713. The molecule has 0 unspecified atom stereocenters. The summed E-state index contributed by atoms with van der Waals surface area (Å²) in [5, 5.41) is 0. The van der Waals surface area contributed by atoms with Crippen LogP contribution >= 0.6 is 0 Å². The van der Waals surface area contributed by atoms with Gasteiger partial charge in [0.05, 0.1) is 16.8 Å². The SMILES string of the molecule is c1ccc(-c2cc(-c3cccc(-c4cccc(-c5ccc6c(c5)C(c5ccccc5)(c5ccccc5)c5ccccc5-6)c4)c3)nc(-c3ccccc3)n2)cc1. The molecule has 8 aromatic carbocycles. The van der Waals surface area contributed by atoms with E-state index in [0.717, 1.165) is 39.2 Å². The summed E-state index contributed by atoms with van der Waals surface area (Å²) in [6.45, 7) is 0. The van der Waals surface area contributed by atoms with Gasteiger partial charge >= 0.3 is 0 Å². The maximum Gasteiger partial charge on any atom is 0.160 e. The van der Waals surface area contributed by atoms with Gasteiger partial charge in [0.15, 0.2) is 5.82 Å². The summed E-state index contributed by atoms with van der Waals surface area (Å²) in [5.41, 5.74) is 16.9.